The summed E-state index contributed by atoms with van der Waals surface area (Å²) in [6.07, 6.45) is 2.80. The first kappa shape index (κ1) is 11.9. The average molecular weight is 248 g/mol. The van der Waals surface area contributed by atoms with E-state index in [0.29, 0.717) is 0 Å². The molecule has 0 fully saturated rings. The van der Waals surface area contributed by atoms with E-state index < -0.39 is 0 Å². The number of aromatic nitrogens is 1. The van der Waals surface area contributed by atoms with Crippen LogP contribution in [-0.2, 0) is 13.0 Å². The third kappa shape index (κ3) is 2.97. The minimum atomic E-state index is 0.779. The summed E-state index contributed by atoms with van der Waals surface area (Å²) < 4.78 is 5.07. The van der Waals surface area contributed by atoms with Crippen LogP contribution in [0.1, 0.15) is 17.4 Å². The van der Waals surface area contributed by atoms with Crippen LogP contribution in [-0.4, -0.2) is 12.1 Å². The number of pyridine rings is 1. The van der Waals surface area contributed by atoms with Crippen LogP contribution < -0.4 is 10.1 Å². The fourth-order valence-electron chi connectivity index (χ4n) is 1.61. The zero-order valence-electron chi connectivity index (χ0n) is 10.1. The minimum absolute atomic E-state index is 0.779. The van der Waals surface area contributed by atoms with Crippen molar-refractivity contribution in [2.45, 2.75) is 19.9 Å². The van der Waals surface area contributed by atoms with Gasteiger partial charge in [0, 0.05) is 4.88 Å². The highest BCUT2D eigenvalue weighted by molar-refractivity contribution is 7.10. The van der Waals surface area contributed by atoms with E-state index in [9.17, 15) is 0 Å². The Morgan fingerprint density at radius 3 is 2.88 bits per heavy atom. The van der Waals surface area contributed by atoms with Crippen LogP contribution >= 0.6 is 11.3 Å². The van der Waals surface area contributed by atoms with Gasteiger partial charge in [0.05, 0.1) is 19.9 Å². The standard InChI is InChI=1S/C13H16N2OS/c1-3-10-6-7-17-12(10)9-15-13-5-4-11(16-2)8-14-13/h4-8H,3,9H2,1-2H3,(H,14,15). The number of nitrogens with one attached hydrogen (secondary N) is 1. The summed E-state index contributed by atoms with van der Waals surface area (Å²) >= 11 is 1.79. The van der Waals surface area contributed by atoms with E-state index in [-0.39, 0.29) is 0 Å². The fraction of sp³-hybridized carbons (Fsp3) is 0.308. The van der Waals surface area contributed by atoms with E-state index in [0.717, 1.165) is 24.5 Å². The Bertz CT molecular complexity index is 465. The molecule has 1 N–H and O–H groups in total. The van der Waals surface area contributed by atoms with Crippen LogP contribution in [0.25, 0.3) is 0 Å². The highest BCUT2D eigenvalue weighted by Crippen LogP contribution is 2.19. The van der Waals surface area contributed by atoms with Gasteiger partial charge in [-0.05, 0) is 35.6 Å². The van der Waals surface area contributed by atoms with Crippen LogP contribution in [0, 0.1) is 0 Å². The molecule has 0 spiro atoms. The van der Waals surface area contributed by atoms with E-state index >= 15 is 0 Å². The molecule has 2 heterocycles. The van der Waals surface area contributed by atoms with Gasteiger partial charge in [-0.3, -0.25) is 0 Å². The molecule has 4 heteroatoms. The van der Waals surface area contributed by atoms with Gasteiger partial charge >= 0.3 is 0 Å². The van der Waals surface area contributed by atoms with Gasteiger partial charge in [0.1, 0.15) is 11.6 Å². The second kappa shape index (κ2) is 5.68. The Labute approximate surface area is 105 Å². The number of aryl methyl sites for hydroxylation is 1. The smallest absolute Gasteiger partial charge is 0.137 e. The number of anilines is 1. The molecule has 2 aromatic rings. The first-order valence-electron chi connectivity index (χ1n) is 5.62. The number of hydrogen-bond acceptors (Lipinski definition) is 4. The van der Waals surface area contributed by atoms with Gasteiger partial charge in [0.25, 0.3) is 0 Å². The lowest BCUT2D eigenvalue weighted by atomic mass is 10.2. The second-order valence-corrected chi connectivity index (χ2v) is 4.66. The molecule has 0 unspecified atom stereocenters. The predicted octanol–water partition coefficient (Wildman–Crippen LogP) is 3.33. The maximum Gasteiger partial charge on any atom is 0.137 e. The van der Waals surface area contributed by atoms with Gasteiger partial charge in [0.15, 0.2) is 0 Å². The highest BCUT2D eigenvalue weighted by Gasteiger charge is 2.02. The summed E-state index contributed by atoms with van der Waals surface area (Å²) in [6.45, 7) is 3.01. The lowest BCUT2D eigenvalue weighted by Gasteiger charge is -2.06. The third-order valence-electron chi connectivity index (χ3n) is 2.62. The number of rotatable bonds is 5. The van der Waals surface area contributed by atoms with Crippen LogP contribution in [0.15, 0.2) is 29.8 Å². The fourth-order valence-corrected chi connectivity index (χ4v) is 2.53. The summed E-state index contributed by atoms with van der Waals surface area (Å²) in [7, 11) is 1.64. The van der Waals surface area contributed by atoms with E-state index in [4.69, 9.17) is 4.74 Å². The summed E-state index contributed by atoms with van der Waals surface area (Å²) in [6, 6.07) is 6.02. The van der Waals surface area contributed by atoms with Crippen LogP contribution in [0.5, 0.6) is 5.75 Å². The molecular weight excluding hydrogens is 232 g/mol. The molecule has 0 aliphatic carbocycles. The largest absolute Gasteiger partial charge is 0.495 e. The predicted molar refractivity (Wildman–Crippen MR) is 71.8 cm³/mol. The number of hydrogen-bond donors (Lipinski definition) is 1. The molecule has 0 aromatic carbocycles. The maximum absolute atomic E-state index is 5.07. The topological polar surface area (TPSA) is 34.1 Å². The molecule has 90 valence electrons. The van der Waals surface area contributed by atoms with E-state index in [1.807, 2.05) is 12.1 Å². The van der Waals surface area contributed by atoms with Crippen molar-refractivity contribution in [3.63, 3.8) is 0 Å². The number of methoxy groups -OCH3 is 1. The Kier molecular flexibility index (Phi) is 3.98. The highest BCUT2D eigenvalue weighted by atomic mass is 32.1. The van der Waals surface area contributed by atoms with Gasteiger partial charge in [-0.25, -0.2) is 4.98 Å². The van der Waals surface area contributed by atoms with Gasteiger partial charge in [-0.1, -0.05) is 6.92 Å². The average Bonchev–Trinajstić information content (AvgIpc) is 2.84. The third-order valence-corrected chi connectivity index (χ3v) is 3.58. The lowest BCUT2D eigenvalue weighted by Crippen LogP contribution is -2.01. The molecule has 0 aliphatic rings. The Hall–Kier alpha value is -1.55. The molecule has 2 aromatic heterocycles. The summed E-state index contributed by atoms with van der Waals surface area (Å²) in [5.41, 5.74) is 1.41. The van der Waals surface area contributed by atoms with Gasteiger partial charge in [-0.2, -0.15) is 0 Å². The van der Waals surface area contributed by atoms with Gasteiger partial charge in [-0.15, -0.1) is 11.3 Å². The van der Waals surface area contributed by atoms with E-state index in [2.05, 4.69) is 28.7 Å². The molecule has 0 amide bonds. The monoisotopic (exact) mass is 248 g/mol. The van der Waals surface area contributed by atoms with E-state index in [1.54, 1.807) is 24.6 Å². The van der Waals surface area contributed by atoms with Crippen molar-refractivity contribution in [2.24, 2.45) is 0 Å². The minimum Gasteiger partial charge on any atom is -0.495 e. The van der Waals surface area contributed by atoms with Crippen LogP contribution in [0.4, 0.5) is 5.82 Å². The van der Waals surface area contributed by atoms with Crippen molar-refractivity contribution in [1.29, 1.82) is 0 Å². The van der Waals surface area contributed by atoms with Crippen molar-refractivity contribution in [3.8, 4) is 5.75 Å². The molecule has 0 bridgehead atoms. The molecule has 0 radical (unpaired) electrons. The number of thiophene rings is 1. The van der Waals surface area contributed by atoms with Crippen molar-refractivity contribution in [2.75, 3.05) is 12.4 Å². The number of nitrogens with zero attached hydrogens (tertiary/aromatic N) is 1. The number of ether oxygens (including phenoxy) is 1. The maximum atomic E-state index is 5.07. The van der Waals surface area contributed by atoms with Gasteiger partial charge < -0.3 is 10.1 Å². The molecule has 3 nitrogen and oxygen atoms in total. The summed E-state index contributed by atoms with van der Waals surface area (Å²) in [4.78, 5) is 5.65. The lowest BCUT2D eigenvalue weighted by molar-refractivity contribution is 0.413. The SMILES string of the molecule is CCc1ccsc1CNc1ccc(OC)cn1. The van der Waals surface area contributed by atoms with Crippen molar-refractivity contribution < 1.29 is 4.74 Å². The van der Waals surface area contributed by atoms with E-state index in [1.165, 1.54) is 10.4 Å². The molecule has 0 saturated carbocycles. The Morgan fingerprint density at radius 2 is 2.24 bits per heavy atom. The van der Waals surface area contributed by atoms with Crippen molar-refractivity contribution in [3.05, 3.63) is 40.2 Å². The first-order chi connectivity index (χ1) is 8.33. The molecule has 0 aliphatic heterocycles. The quantitative estimate of drug-likeness (QED) is 0.881. The molecular formula is C13H16N2OS. The molecule has 2 rings (SSSR count). The zero-order valence-corrected chi connectivity index (χ0v) is 10.9. The molecule has 0 saturated heterocycles. The normalized spacial score (nSPS) is 10.2. The Morgan fingerprint density at radius 1 is 1.35 bits per heavy atom. The van der Waals surface area contributed by atoms with Crippen LogP contribution in [0.3, 0.4) is 0 Å². The molecule has 0 atom stereocenters. The van der Waals surface area contributed by atoms with Crippen LogP contribution in [0.2, 0.25) is 0 Å². The van der Waals surface area contributed by atoms with Crippen molar-refractivity contribution in [1.82, 2.24) is 4.98 Å². The summed E-state index contributed by atoms with van der Waals surface area (Å²) in [5, 5.41) is 5.45. The summed E-state index contributed by atoms with van der Waals surface area (Å²) in [5.74, 6) is 1.65. The first-order valence-corrected chi connectivity index (χ1v) is 6.50. The second-order valence-electron chi connectivity index (χ2n) is 3.66. The van der Waals surface area contributed by atoms with Crippen molar-refractivity contribution >= 4 is 17.2 Å². The van der Waals surface area contributed by atoms with Gasteiger partial charge in [0.2, 0.25) is 0 Å². The molecule has 17 heavy (non-hydrogen) atoms. The zero-order chi connectivity index (χ0) is 12.1. The Balaban J connectivity index is 1.97.